The highest BCUT2D eigenvalue weighted by molar-refractivity contribution is 6.35. The molecule has 2 amide bonds. The Kier molecular flexibility index (Phi) is 5.26. The molecule has 0 N–H and O–H groups in total. The minimum Gasteiger partial charge on any atom is -0.425 e. The number of hydrogen-bond acceptors (Lipinski definition) is 4. The maximum atomic E-state index is 12.8. The van der Waals surface area contributed by atoms with Gasteiger partial charge in [-0.15, -0.1) is 0 Å². The fourth-order valence-electron chi connectivity index (χ4n) is 3.40. The summed E-state index contributed by atoms with van der Waals surface area (Å²) < 4.78 is 5.23. The van der Waals surface area contributed by atoms with Gasteiger partial charge in [0.2, 0.25) is 0 Å². The van der Waals surface area contributed by atoms with Crippen LogP contribution in [0.2, 0.25) is 10.0 Å². The van der Waals surface area contributed by atoms with E-state index in [1.54, 1.807) is 30.3 Å². The van der Waals surface area contributed by atoms with Gasteiger partial charge >= 0.3 is 5.97 Å². The summed E-state index contributed by atoms with van der Waals surface area (Å²) in [5.41, 5.74) is 0.987. The van der Waals surface area contributed by atoms with E-state index in [1.165, 1.54) is 17.0 Å². The first-order chi connectivity index (χ1) is 14.0. The van der Waals surface area contributed by atoms with E-state index in [0.29, 0.717) is 21.5 Å². The quantitative estimate of drug-likeness (QED) is 0.321. The monoisotopic (exact) mass is 427 g/mol. The molecule has 0 aromatic heterocycles. The van der Waals surface area contributed by atoms with Crippen molar-refractivity contribution in [2.45, 2.75) is 12.8 Å². The highest BCUT2D eigenvalue weighted by Crippen LogP contribution is 2.30. The smallest absolute Gasteiger partial charge is 0.311 e. The van der Waals surface area contributed by atoms with E-state index in [-0.39, 0.29) is 42.0 Å². The molecular formula is C22H15Cl2NO4. The van der Waals surface area contributed by atoms with E-state index in [2.05, 4.69) is 0 Å². The van der Waals surface area contributed by atoms with Gasteiger partial charge < -0.3 is 4.74 Å². The predicted octanol–water partition coefficient (Wildman–Crippen LogP) is 5.13. The first-order valence-electron chi connectivity index (χ1n) is 8.99. The number of benzene rings is 3. The molecule has 29 heavy (non-hydrogen) atoms. The summed E-state index contributed by atoms with van der Waals surface area (Å²) in [6.07, 6.45) is 0.307. The van der Waals surface area contributed by atoms with Gasteiger partial charge in [0.25, 0.3) is 11.8 Å². The van der Waals surface area contributed by atoms with Gasteiger partial charge in [0.1, 0.15) is 5.75 Å². The Labute approximate surface area is 176 Å². The van der Waals surface area contributed by atoms with E-state index < -0.39 is 5.97 Å². The number of ether oxygens (including phenoxy) is 1. The maximum absolute atomic E-state index is 12.8. The first kappa shape index (κ1) is 19.4. The second kappa shape index (κ2) is 7.85. The predicted molar refractivity (Wildman–Crippen MR) is 111 cm³/mol. The van der Waals surface area contributed by atoms with Crippen LogP contribution in [0.4, 0.5) is 0 Å². The zero-order valence-corrected chi connectivity index (χ0v) is 16.7. The summed E-state index contributed by atoms with van der Waals surface area (Å²) in [4.78, 5) is 38.9. The van der Waals surface area contributed by atoms with Crippen molar-refractivity contribution in [1.29, 1.82) is 0 Å². The number of carbonyl (C=O) groups excluding carboxylic acids is 3. The molecule has 1 aliphatic rings. The van der Waals surface area contributed by atoms with Crippen molar-refractivity contribution in [2.24, 2.45) is 0 Å². The molecule has 0 radical (unpaired) electrons. The molecule has 1 aliphatic heterocycles. The van der Waals surface area contributed by atoms with Gasteiger partial charge in [0, 0.05) is 34.5 Å². The number of carbonyl (C=O) groups is 3. The molecule has 5 nitrogen and oxygen atoms in total. The van der Waals surface area contributed by atoms with Crippen LogP contribution in [0, 0.1) is 0 Å². The van der Waals surface area contributed by atoms with Gasteiger partial charge in [0.05, 0.1) is 5.02 Å². The second-order valence-corrected chi connectivity index (χ2v) is 7.47. The van der Waals surface area contributed by atoms with Crippen LogP contribution in [0.15, 0.2) is 54.6 Å². The van der Waals surface area contributed by atoms with E-state index >= 15 is 0 Å². The van der Waals surface area contributed by atoms with E-state index in [9.17, 15) is 14.4 Å². The van der Waals surface area contributed by atoms with Crippen LogP contribution in [0.5, 0.6) is 5.75 Å². The van der Waals surface area contributed by atoms with Crippen molar-refractivity contribution in [3.05, 3.63) is 75.8 Å². The van der Waals surface area contributed by atoms with Crippen LogP contribution in [-0.2, 0) is 4.79 Å². The lowest BCUT2D eigenvalue weighted by Crippen LogP contribution is -2.41. The minimum absolute atomic E-state index is 0.0296. The van der Waals surface area contributed by atoms with Gasteiger partial charge in [-0.25, -0.2) is 0 Å². The van der Waals surface area contributed by atoms with E-state index in [0.717, 1.165) is 5.39 Å². The fraction of sp³-hybridized carbons (Fsp3) is 0.136. The normalized spacial score (nSPS) is 13.1. The number of amides is 2. The van der Waals surface area contributed by atoms with Crippen LogP contribution in [0.1, 0.15) is 33.6 Å². The molecule has 4 rings (SSSR count). The number of halogens is 2. The molecule has 3 aromatic carbocycles. The van der Waals surface area contributed by atoms with Gasteiger partial charge in [-0.05, 0) is 42.1 Å². The summed E-state index contributed by atoms with van der Waals surface area (Å²) >= 11 is 11.8. The van der Waals surface area contributed by atoms with Crippen molar-refractivity contribution >= 4 is 51.8 Å². The highest BCUT2D eigenvalue weighted by Gasteiger charge is 2.32. The van der Waals surface area contributed by atoms with Crippen molar-refractivity contribution in [3.63, 3.8) is 0 Å². The van der Waals surface area contributed by atoms with Crippen molar-refractivity contribution < 1.29 is 19.1 Å². The molecule has 7 heteroatoms. The number of nitrogens with zero attached hydrogens (tertiary/aromatic N) is 1. The molecule has 3 aromatic rings. The Balaban J connectivity index is 1.43. The van der Waals surface area contributed by atoms with E-state index in [4.69, 9.17) is 27.9 Å². The molecular weight excluding hydrogens is 413 g/mol. The maximum Gasteiger partial charge on any atom is 0.311 e. The molecule has 0 spiro atoms. The molecule has 0 aliphatic carbocycles. The molecule has 0 atom stereocenters. The molecule has 0 unspecified atom stereocenters. The number of rotatable bonds is 5. The lowest BCUT2D eigenvalue weighted by molar-refractivity contribution is -0.134. The van der Waals surface area contributed by atoms with E-state index in [1.807, 2.05) is 12.1 Å². The summed E-state index contributed by atoms with van der Waals surface area (Å²) in [7, 11) is 0. The largest absolute Gasteiger partial charge is 0.425 e. The van der Waals surface area contributed by atoms with Gasteiger partial charge in [-0.1, -0.05) is 47.5 Å². The third-order valence-corrected chi connectivity index (χ3v) is 5.27. The van der Waals surface area contributed by atoms with Crippen LogP contribution in [0.3, 0.4) is 0 Å². The van der Waals surface area contributed by atoms with Gasteiger partial charge in [-0.2, -0.15) is 0 Å². The van der Waals surface area contributed by atoms with Crippen molar-refractivity contribution in [3.8, 4) is 5.75 Å². The van der Waals surface area contributed by atoms with Crippen LogP contribution < -0.4 is 4.74 Å². The lowest BCUT2D eigenvalue weighted by Gasteiger charge is -2.27. The SMILES string of the molecule is O=C(CCCN1C(=O)c2cccc3cccc(c23)C1=O)Oc1ccc(Cl)cc1Cl. The minimum atomic E-state index is -0.506. The highest BCUT2D eigenvalue weighted by atomic mass is 35.5. The summed E-state index contributed by atoms with van der Waals surface area (Å²) in [5, 5.41) is 2.20. The Bertz CT molecular complexity index is 1110. The zero-order chi connectivity index (χ0) is 20.5. The topological polar surface area (TPSA) is 63.7 Å². The lowest BCUT2D eigenvalue weighted by atomic mass is 9.94. The molecule has 0 fully saturated rings. The Hall–Kier alpha value is -2.89. The molecule has 146 valence electrons. The summed E-state index contributed by atoms with van der Waals surface area (Å²) in [6, 6.07) is 15.3. The Morgan fingerprint density at radius 2 is 1.59 bits per heavy atom. The van der Waals surface area contributed by atoms with Crippen molar-refractivity contribution in [1.82, 2.24) is 4.90 Å². The van der Waals surface area contributed by atoms with Crippen LogP contribution >= 0.6 is 23.2 Å². The Morgan fingerprint density at radius 1 is 0.931 bits per heavy atom. The number of hydrogen-bond donors (Lipinski definition) is 0. The number of imide groups is 1. The zero-order valence-electron chi connectivity index (χ0n) is 15.2. The average Bonchev–Trinajstić information content (AvgIpc) is 2.70. The van der Waals surface area contributed by atoms with Gasteiger partial charge in [-0.3, -0.25) is 19.3 Å². The standard InChI is InChI=1S/C22H15Cl2NO4/c23-14-9-10-18(17(24)12-14)29-19(26)8-3-11-25-21(27)15-6-1-4-13-5-2-7-16(20(13)15)22(25)28/h1-2,4-7,9-10,12H,3,8,11H2. The van der Waals surface area contributed by atoms with Crippen LogP contribution in [0.25, 0.3) is 10.8 Å². The molecule has 0 saturated heterocycles. The fourth-order valence-corrected chi connectivity index (χ4v) is 3.84. The molecule has 0 saturated carbocycles. The summed E-state index contributed by atoms with van der Waals surface area (Å²) in [5.74, 6) is -0.998. The second-order valence-electron chi connectivity index (χ2n) is 6.62. The van der Waals surface area contributed by atoms with Gasteiger partial charge in [0.15, 0.2) is 0 Å². The average molecular weight is 428 g/mol. The van der Waals surface area contributed by atoms with Crippen molar-refractivity contribution in [2.75, 3.05) is 6.54 Å². The summed E-state index contributed by atoms with van der Waals surface area (Å²) in [6.45, 7) is 0.117. The Morgan fingerprint density at radius 3 is 2.21 bits per heavy atom. The third-order valence-electron chi connectivity index (χ3n) is 4.74. The molecule has 1 heterocycles. The molecule has 0 bridgehead atoms. The first-order valence-corrected chi connectivity index (χ1v) is 9.75. The third kappa shape index (κ3) is 3.71. The van der Waals surface area contributed by atoms with Crippen LogP contribution in [-0.4, -0.2) is 29.2 Å². The number of esters is 1.